The van der Waals surface area contributed by atoms with E-state index in [1.165, 1.54) is 6.92 Å². The maximum Gasteiger partial charge on any atom is 0.311 e. The van der Waals surface area contributed by atoms with Gasteiger partial charge < -0.3 is 54.7 Å². The lowest BCUT2D eigenvalue weighted by Crippen LogP contribution is -2.65. The molecule has 12 nitrogen and oxygen atoms in total. The van der Waals surface area contributed by atoms with Gasteiger partial charge in [-0.15, -0.1) is 0 Å². The van der Waals surface area contributed by atoms with Crippen LogP contribution in [0.1, 0.15) is 13.8 Å². The molecule has 0 radical (unpaired) electrons. The minimum atomic E-state index is -1.74. The second kappa shape index (κ2) is 10.4. The van der Waals surface area contributed by atoms with Crippen LogP contribution in [0, 0.1) is 5.92 Å². The molecule has 2 fully saturated rings. The number of rotatable bonds is 7. The van der Waals surface area contributed by atoms with Crippen molar-refractivity contribution in [2.24, 2.45) is 5.92 Å². The molecule has 0 aromatic heterocycles. The minimum absolute atomic E-state index is 0.112. The van der Waals surface area contributed by atoms with Crippen LogP contribution in [-0.4, -0.2) is 123 Å². The summed E-state index contributed by atoms with van der Waals surface area (Å²) in [6.45, 7) is 1.81. The first kappa shape index (κ1) is 24.3. The molecule has 170 valence electrons. The Morgan fingerprint density at radius 1 is 0.897 bits per heavy atom. The van der Waals surface area contributed by atoms with Gasteiger partial charge in [0.25, 0.3) is 0 Å². The Morgan fingerprint density at radius 2 is 1.52 bits per heavy atom. The normalized spacial score (nSPS) is 44.3. The molecular formula is C17H30O12. The fourth-order valence-corrected chi connectivity index (χ4v) is 3.44. The first-order valence-corrected chi connectivity index (χ1v) is 9.42. The highest BCUT2D eigenvalue weighted by Gasteiger charge is 2.52. The average molecular weight is 426 g/mol. The van der Waals surface area contributed by atoms with E-state index in [4.69, 9.17) is 18.9 Å². The maximum absolute atomic E-state index is 12.0. The van der Waals surface area contributed by atoms with Crippen molar-refractivity contribution in [3.8, 4) is 0 Å². The van der Waals surface area contributed by atoms with Crippen molar-refractivity contribution in [1.82, 2.24) is 0 Å². The Bertz CT molecular complexity index is 529. The predicted octanol–water partition coefficient (Wildman–Crippen LogP) is -4.15. The Labute approximate surface area is 167 Å². The van der Waals surface area contributed by atoms with Crippen molar-refractivity contribution in [3.63, 3.8) is 0 Å². The average Bonchev–Trinajstić information content (AvgIpc) is 2.71. The van der Waals surface area contributed by atoms with E-state index in [2.05, 4.69) is 0 Å². The van der Waals surface area contributed by atoms with Gasteiger partial charge >= 0.3 is 5.97 Å². The molecule has 11 atom stereocenters. The molecule has 2 aliphatic heterocycles. The molecule has 0 aromatic rings. The van der Waals surface area contributed by atoms with Crippen LogP contribution in [0.2, 0.25) is 0 Å². The van der Waals surface area contributed by atoms with Gasteiger partial charge in [0, 0.05) is 0 Å². The van der Waals surface area contributed by atoms with Gasteiger partial charge in [-0.05, 0) is 13.8 Å². The molecule has 2 heterocycles. The molecule has 0 aromatic carbocycles. The molecule has 0 bridgehead atoms. The topological polar surface area (TPSA) is 196 Å². The fraction of sp³-hybridized carbons (Fsp3) is 0.941. The molecule has 2 saturated heterocycles. The molecule has 2 aliphatic rings. The number of aliphatic hydroxyl groups is 7. The lowest BCUT2D eigenvalue weighted by Gasteiger charge is -2.46. The van der Waals surface area contributed by atoms with Gasteiger partial charge in [-0.3, -0.25) is 4.79 Å². The highest BCUT2D eigenvalue weighted by atomic mass is 16.7. The number of hydrogen-bond acceptors (Lipinski definition) is 12. The van der Waals surface area contributed by atoms with Crippen LogP contribution in [0.25, 0.3) is 0 Å². The van der Waals surface area contributed by atoms with E-state index in [1.807, 2.05) is 0 Å². The van der Waals surface area contributed by atoms with Gasteiger partial charge in [0.05, 0.1) is 31.8 Å². The largest absolute Gasteiger partial charge is 0.466 e. The number of carbonyl (C=O) groups is 1. The second-order valence-corrected chi connectivity index (χ2v) is 7.14. The van der Waals surface area contributed by atoms with E-state index in [0.29, 0.717) is 0 Å². The summed E-state index contributed by atoms with van der Waals surface area (Å²) in [6, 6.07) is 0. The van der Waals surface area contributed by atoms with Crippen LogP contribution >= 0.6 is 0 Å². The van der Waals surface area contributed by atoms with Gasteiger partial charge in [-0.2, -0.15) is 0 Å². The third kappa shape index (κ3) is 5.05. The first-order chi connectivity index (χ1) is 13.7. The van der Waals surface area contributed by atoms with Crippen LogP contribution < -0.4 is 0 Å². The molecule has 3 unspecified atom stereocenters. The van der Waals surface area contributed by atoms with Gasteiger partial charge in [0.1, 0.15) is 48.8 Å². The Balaban J connectivity index is 2.14. The number of esters is 1. The van der Waals surface area contributed by atoms with E-state index in [0.717, 1.165) is 0 Å². The number of aliphatic hydroxyl groups excluding tert-OH is 7. The molecule has 0 aliphatic carbocycles. The summed E-state index contributed by atoms with van der Waals surface area (Å²) in [4.78, 5) is 12.0. The molecule has 0 amide bonds. The summed E-state index contributed by atoms with van der Waals surface area (Å²) in [7, 11) is 0. The molecule has 2 rings (SSSR count). The smallest absolute Gasteiger partial charge is 0.311 e. The predicted molar refractivity (Wildman–Crippen MR) is 92.2 cm³/mol. The number of carbonyl (C=O) groups excluding carboxylic acids is 1. The van der Waals surface area contributed by atoms with Crippen molar-refractivity contribution < 1.29 is 59.5 Å². The van der Waals surface area contributed by atoms with Gasteiger partial charge in [0.15, 0.2) is 6.29 Å². The summed E-state index contributed by atoms with van der Waals surface area (Å²) >= 11 is 0. The van der Waals surface area contributed by atoms with Crippen LogP contribution in [0.3, 0.4) is 0 Å². The number of hydrogen-bond donors (Lipinski definition) is 7. The van der Waals surface area contributed by atoms with E-state index in [-0.39, 0.29) is 6.61 Å². The Hall–Kier alpha value is -0.930. The zero-order valence-corrected chi connectivity index (χ0v) is 16.1. The molecule has 7 N–H and O–H groups in total. The molecular weight excluding hydrogens is 396 g/mol. The summed E-state index contributed by atoms with van der Waals surface area (Å²) < 4.78 is 21.1. The quantitative estimate of drug-likeness (QED) is 0.194. The molecule has 0 saturated carbocycles. The van der Waals surface area contributed by atoms with E-state index >= 15 is 0 Å². The van der Waals surface area contributed by atoms with Gasteiger partial charge in [-0.1, -0.05) is 0 Å². The minimum Gasteiger partial charge on any atom is -0.466 e. The van der Waals surface area contributed by atoms with Crippen molar-refractivity contribution in [1.29, 1.82) is 0 Å². The van der Waals surface area contributed by atoms with Crippen LogP contribution in [0.4, 0.5) is 0 Å². The zero-order valence-electron chi connectivity index (χ0n) is 16.1. The summed E-state index contributed by atoms with van der Waals surface area (Å²) in [6.07, 6.45) is -15.0. The Kier molecular flexibility index (Phi) is 8.72. The van der Waals surface area contributed by atoms with Gasteiger partial charge in [-0.25, -0.2) is 0 Å². The second-order valence-electron chi connectivity index (χ2n) is 7.14. The molecule has 12 heteroatoms. The van der Waals surface area contributed by atoms with Crippen LogP contribution in [-0.2, 0) is 23.7 Å². The van der Waals surface area contributed by atoms with Crippen molar-refractivity contribution in [3.05, 3.63) is 0 Å². The third-order valence-electron chi connectivity index (χ3n) is 5.19. The van der Waals surface area contributed by atoms with Crippen LogP contribution in [0.5, 0.6) is 0 Å². The van der Waals surface area contributed by atoms with E-state index in [9.17, 15) is 40.5 Å². The third-order valence-corrected chi connectivity index (χ3v) is 5.19. The fourth-order valence-electron chi connectivity index (χ4n) is 3.44. The number of ether oxygens (including phenoxy) is 4. The highest BCUT2D eigenvalue weighted by Crippen LogP contribution is 2.31. The zero-order chi connectivity index (χ0) is 21.9. The first-order valence-electron chi connectivity index (χ1n) is 9.42. The summed E-state index contributed by atoms with van der Waals surface area (Å²) in [5.74, 6) is -1.62. The molecule has 29 heavy (non-hydrogen) atoms. The Morgan fingerprint density at radius 3 is 2.07 bits per heavy atom. The van der Waals surface area contributed by atoms with Crippen molar-refractivity contribution >= 4 is 5.97 Å². The monoisotopic (exact) mass is 426 g/mol. The maximum atomic E-state index is 12.0. The summed E-state index contributed by atoms with van der Waals surface area (Å²) in [5, 5.41) is 69.6. The van der Waals surface area contributed by atoms with E-state index in [1.54, 1.807) is 6.92 Å². The highest BCUT2D eigenvalue weighted by molar-refractivity contribution is 5.72. The standard InChI is InChI=1S/C17H30O12/c1-3-26-16(25)6(2)14-11(22)12(23)15(8(5-19)27-14)29-17-13(24)10(21)9(20)7(4-18)28-17/h6-15,17-24H,3-5H2,1-2H3/t6?,7-,8-,9+,10+,11-,12-,13-,14?,15-,17?/m1/s1. The van der Waals surface area contributed by atoms with Crippen molar-refractivity contribution in [2.45, 2.75) is 75.1 Å². The van der Waals surface area contributed by atoms with E-state index < -0.39 is 86.3 Å². The SMILES string of the molecule is CCOC(=O)C(C)C1O[C@H](CO)[C@@H](OC2O[C@H](CO)[C@H](O)[C@H](O)[C@H]2O)[C@H](O)[C@H]1O. The summed E-state index contributed by atoms with van der Waals surface area (Å²) in [5.41, 5.74) is 0. The molecule has 0 spiro atoms. The lowest BCUT2D eigenvalue weighted by molar-refractivity contribution is -0.343. The van der Waals surface area contributed by atoms with Gasteiger partial charge in [0.2, 0.25) is 0 Å². The lowest BCUT2D eigenvalue weighted by atomic mass is 9.88. The van der Waals surface area contributed by atoms with Crippen LogP contribution in [0.15, 0.2) is 0 Å². The van der Waals surface area contributed by atoms with Crippen molar-refractivity contribution in [2.75, 3.05) is 19.8 Å².